The minimum absolute atomic E-state index is 0.530. The van der Waals surface area contributed by atoms with Crippen molar-refractivity contribution >= 4 is 5.97 Å². The van der Waals surface area contributed by atoms with E-state index >= 15 is 0 Å². The molecule has 0 bridgehead atoms. The van der Waals surface area contributed by atoms with Crippen molar-refractivity contribution in [2.45, 2.75) is 24.8 Å². The SMILES string of the molecule is COc1ccc2c(c1)CC(C(=O)O)(N(C)C)CC2. The molecule has 2 rings (SSSR count). The van der Waals surface area contributed by atoms with Gasteiger partial charge in [0.2, 0.25) is 0 Å². The number of rotatable bonds is 3. The Hall–Kier alpha value is -1.55. The van der Waals surface area contributed by atoms with E-state index < -0.39 is 11.5 Å². The zero-order valence-corrected chi connectivity index (χ0v) is 11.1. The van der Waals surface area contributed by atoms with Crippen molar-refractivity contribution in [2.75, 3.05) is 21.2 Å². The van der Waals surface area contributed by atoms with Crippen LogP contribution in [0, 0.1) is 0 Å². The number of hydrogen-bond donors (Lipinski definition) is 1. The molecule has 0 saturated carbocycles. The van der Waals surface area contributed by atoms with E-state index in [-0.39, 0.29) is 0 Å². The molecule has 0 heterocycles. The Morgan fingerprint density at radius 2 is 2.11 bits per heavy atom. The van der Waals surface area contributed by atoms with E-state index in [1.54, 1.807) is 7.11 Å². The summed E-state index contributed by atoms with van der Waals surface area (Å²) in [6.07, 6.45) is 1.97. The van der Waals surface area contributed by atoms with Gasteiger partial charge >= 0.3 is 5.97 Å². The van der Waals surface area contributed by atoms with E-state index in [1.165, 1.54) is 5.56 Å². The quantitative estimate of drug-likeness (QED) is 0.883. The number of benzene rings is 1. The largest absolute Gasteiger partial charge is 0.497 e. The number of carbonyl (C=O) groups is 1. The van der Waals surface area contributed by atoms with Crippen molar-refractivity contribution in [2.24, 2.45) is 0 Å². The zero-order valence-electron chi connectivity index (χ0n) is 11.1. The number of likely N-dealkylation sites (N-methyl/N-ethyl adjacent to an activating group) is 1. The number of aryl methyl sites for hydroxylation is 1. The molecule has 1 aliphatic rings. The Morgan fingerprint density at radius 3 is 2.67 bits per heavy atom. The van der Waals surface area contributed by atoms with E-state index in [1.807, 2.05) is 37.2 Å². The van der Waals surface area contributed by atoms with E-state index in [4.69, 9.17) is 4.74 Å². The van der Waals surface area contributed by atoms with Crippen LogP contribution in [-0.2, 0) is 17.6 Å². The summed E-state index contributed by atoms with van der Waals surface area (Å²) in [6.45, 7) is 0. The van der Waals surface area contributed by atoms with E-state index in [9.17, 15) is 9.90 Å². The molecule has 0 amide bonds. The maximum atomic E-state index is 11.6. The van der Waals surface area contributed by atoms with Gasteiger partial charge in [-0.15, -0.1) is 0 Å². The number of fused-ring (bicyclic) bond motifs is 1. The van der Waals surface area contributed by atoms with Gasteiger partial charge in [0.25, 0.3) is 0 Å². The van der Waals surface area contributed by atoms with E-state index in [0.717, 1.165) is 17.7 Å². The Labute approximate surface area is 107 Å². The highest BCUT2D eigenvalue weighted by molar-refractivity contribution is 5.80. The van der Waals surface area contributed by atoms with Crippen molar-refractivity contribution in [3.63, 3.8) is 0 Å². The van der Waals surface area contributed by atoms with Gasteiger partial charge in [-0.25, -0.2) is 0 Å². The van der Waals surface area contributed by atoms with Crippen molar-refractivity contribution in [3.8, 4) is 5.75 Å². The van der Waals surface area contributed by atoms with Crippen LogP contribution in [0.25, 0.3) is 0 Å². The van der Waals surface area contributed by atoms with Crippen molar-refractivity contribution in [1.82, 2.24) is 4.90 Å². The number of hydrogen-bond acceptors (Lipinski definition) is 3. The van der Waals surface area contributed by atoms with Gasteiger partial charge in [-0.05, 0) is 50.2 Å². The summed E-state index contributed by atoms with van der Waals surface area (Å²) in [6, 6.07) is 5.92. The number of aliphatic carboxylic acids is 1. The molecule has 0 spiro atoms. The van der Waals surface area contributed by atoms with Crippen LogP contribution in [0.1, 0.15) is 17.5 Å². The highest BCUT2D eigenvalue weighted by Gasteiger charge is 2.43. The molecule has 98 valence electrons. The summed E-state index contributed by atoms with van der Waals surface area (Å²) in [5.74, 6) is 0.0367. The summed E-state index contributed by atoms with van der Waals surface area (Å²) in [7, 11) is 5.29. The molecule has 0 saturated heterocycles. The lowest BCUT2D eigenvalue weighted by atomic mass is 9.77. The minimum Gasteiger partial charge on any atom is -0.497 e. The Balaban J connectivity index is 2.40. The van der Waals surface area contributed by atoms with Gasteiger partial charge in [-0.3, -0.25) is 9.69 Å². The van der Waals surface area contributed by atoms with Crippen LogP contribution in [0.2, 0.25) is 0 Å². The van der Waals surface area contributed by atoms with Crippen LogP contribution in [0.4, 0.5) is 0 Å². The third-order valence-electron chi connectivity index (χ3n) is 3.96. The Kier molecular flexibility index (Phi) is 3.30. The number of carboxylic acid groups (broad SMARTS) is 1. The van der Waals surface area contributed by atoms with Crippen LogP contribution >= 0.6 is 0 Å². The topological polar surface area (TPSA) is 49.8 Å². The molecule has 0 aliphatic heterocycles. The lowest BCUT2D eigenvalue weighted by molar-refractivity contribution is -0.150. The second-order valence-corrected chi connectivity index (χ2v) is 5.04. The first kappa shape index (κ1) is 12.9. The fourth-order valence-corrected chi connectivity index (χ4v) is 2.64. The van der Waals surface area contributed by atoms with Gasteiger partial charge in [0, 0.05) is 6.42 Å². The third kappa shape index (κ3) is 1.97. The van der Waals surface area contributed by atoms with Gasteiger partial charge < -0.3 is 9.84 Å². The summed E-state index contributed by atoms with van der Waals surface area (Å²) >= 11 is 0. The Morgan fingerprint density at radius 1 is 1.39 bits per heavy atom. The molecule has 4 nitrogen and oxygen atoms in total. The predicted octanol–water partition coefficient (Wildman–Crippen LogP) is 1.57. The van der Waals surface area contributed by atoms with Gasteiger partial charge in [0.1, 0.15) is 11.3 Å². The smallest absolute Gasteiger partial charge is 0.324 e. The predicted molar refractivity (Wildman–Crippen MR) is 69.1 cm³/mol. The number of ether oxygens (including phenoxy) is 1. The Bertz CT molecular complexity index is 470. The fraction of sp³-hybridized carbons (Fsp3) is 0.500. The van der Waals surface area contributed by atoms with Crippen molar-refractivity contribution in [3.05, 3.63) is 29.3 Å². The lowest BCUT2D eigenvalue weighted by Gasteiger charge is -2.39. The molecule has 18 heavy (non-hydrogen) atoms. The maximum absolute atomic E-state index is 11.6. The van der Waals surface area contributed by atoms with Crippen LogP contribution in [0.5, 0.6) is 5.75 Å². The summed E-state index contributed by atoms with van der Waals surface area (Å²) < 4.78 is 5.21. The first-order chi connectivity index (χ1) is 8.49. The molecular formula is C14H19NO3. The van der Waals surface area contributed by atoms with E-state index in [2.05, 4.69) is 0 Å². The summed E-state index contributed by atoms with van der Waals surface area (Å²) in [5.41, 5.74) is 1.52. The lowest BCUT2D eigenvalue weighted by Crippen LogP contribution is -2.54. The second-order valence-electron chi connectivity index (χ2n) is 5.04. The van der Waals surface area contributed by atoms with Crippen molar-refractivity contribution in [1.29, 1.82) is 0 Å². The molecule has 1 aliphatic carbocycles. The van der Waals surface area contributed by atoms with E-state index in [0.29, 0.717) is 12.8 Å². The zero-order chi connectivity index (χ0) is 13.3. The highest BCUT2D eigenvalue weighted by Crippen LogP contribution is 2.34. The monoisotopic (exact) mass is 249 g/mol. The average molecular weight is 249 g/mol. The van der Waals surface area contributed by atoms with Gasteiger partial charge in [0.05, 0.1) is 7.11 Å². The molecule has 0 radical (unpaired) electrons. The molecule has 1 N–H and O–H groups in total. The summed E-state index contributed by atoms with van der Waals surface area (Å²) in [5, 5.41) is 9.54. The highest BCUT2D eigenvalue weighted by atomic mass is 16.5. The molecule has 1 unspecified atom stereocenters. The summed E-state index contributed by atoms with van der Waals surface area (Å²) in [4.78, 5) is 13.4. The van der Waals surface area contributed by atoms with Crippen LogP contribution in [-0.4, -0.2) is 42.7 Å². The average Bonchev–Trinajstić information content (AvgIpc) is 2.36. The fourth-order valence-electron chi connectivity index (χ4n) is 2.64. The maximum Gasteiger partial charge on any atom is 0.324 e. The molecule has 1 atom stereocenters. The minimum atomic E-state index is -0.792. The molecule has 0 fully saturated rings. The molecular weight excluding hydrogens is 230 g/mol. The molecule has 0 aromatic heterocycles. The first-order valence-corrected chi connectivity index (χ1v) is 6.06. The normalized spacial score (nSPS) is 22.7. The van der Waals surface area contributed by atoms with Gasteiger partial charge in [-0.1, -0.05) is 6.07 Å². The number of nitrogens with zero attached hydrogens (tertiary/aromatic N) is 1. The number of methoxy groups -OCH3 is 1. The van der Waals surface area contributed by atoms with Crippen LogP contribution in [0.15, 0.2) is 18.2 Å². The third-order valence-corrected chi connectivity index (χ3v) is 3.96. The molecule has 1 aromatic rings. The van der Waals surface area contributed by atoms with Crippen molar-refractivity contribution < 1.29 is 14.6 Å². The molecule has 4 heteroatoms. The van der Waals surface area contributed by atoms with Gasteiger partial charge in [-0.2, -0.15) is 0 Å². The molecule has 1 aromatic carbocycles. The van der Waals surface area contributed by atoms with Crippen LogP contribution < -0.4 is 4.74 Å². The first-order valence-electron chi connectivity index (χ1n) is 6.06. The van der Waals surface area contributed by atoms with Gasteiger partial charge in [0.15, 0.2) is 0 Å². The standard InChI is InChI=1S/C14H19NO3/c1-15(2)14(13(16)17)7-6-10-4-5-12(18-3)8-11(10)9-14/h4-5,8H,6-7,9H2,1-3H3,(H,16,17). The van der Waals surface area contributed by atoms with Crippen LogP contribution in [0.3, 0.4) is 0 Å². The second kappa shape index (κ2) is 4.61. The number of carboxylic acids is 1.